The Balaban J connectivity index is 2.46. The van der Waals surface area contributed by atoms with Gasteiger partial charge in [-0.05, 0) is 20.8 Å². The highest BCUT2D eigenvalue weighted by Crippen LogP contribution is 2.09. The average Bonchev–Trinajstić information content (AvgIpc) is 2.89. The van der Waals surface area contributed by atoms with Crippen LogP contribution in [-0.4, -0.2) is 51.9 Å². The minimum atomic E-state index is -0.579. The highest BCUT2D eigenvalue weighted by molar-refractivity contribution is 5.70. The standard InChI is InChI=1S/C14H21N3O4/c1-5-7-16(13(19)21-14(2,3)4)9-10-20-12(18)17-8-6-15-11-17/h5-6,8,11H,1,7,9-10H2,2-4H3. The Kier molecular flexibility index (Phi) is 5.95. The van der Waals surface area contributed by atoms with E-state index in [2.05, 4.69) is 11.6 Å². The summed E-state index contributed by atoms with van der Waals surface area (Å²) in [6.45, 7) is 9.56. The van der Waals surface area contributed by atoms with Crippen molar-refractivity contribution in [2.24, 2.45) is 0 Å². The van der Waals surface area contributed by atoms with Gasteiger partial charge in [-0.15, -0.1) is 6.58 Å². The molecular formula is C14H21N3O4. The number of carbonyl (C=O) groups is 2. The van der Waals surface area contributed by atoms with Crippen molar-refractivity contribution in [1.82, 2.24) is 14.5 Å². The number of aromatic nitrogens is 2. The molecule has 1 heterocycles. The summed E-state index contributed by atoms with van der Waals surface area (Å²) in [6.07, 6.45) is 4.87. The number of amides is 1. The topological polar surface area (TPSA) is 73.7 Å². The third-order valence-corrected chi connectivity index (χ3v) is 2.30. The smallest absolute Gasteiger partial charge is 0.419 e. The van der Waals surface area contributed by atoms with Crippen molar-refractivity contribution in [3.05, 3.63) is 31.4 Å². The zero-order chi connectivity index (χ0) is 15.9. The first kappa shape index (κ1) is 16.7. The lowest BCUT2D eigenvalue weighted by Gasteiger charge is -2.26. The van der Waals surface area contributed by atoms with Gasteiger partial charge in [0.1, 0.15) is 18.5 Å². The summed E-state index contributed by atoms with van der Waals surface area (Å²) in [5.74, 6) is 0. The lowest BCUT2D eigenvalue weighted by atomic mass is 10.2. The molecule has 0 unspecified atom stereocenters. The maximum absolute atomic E-state index is 12.0. The van der Waals surface area contributed by atoms with Gasteiger partial charge < -0.3 is 14.4 Å². The first-order valence-electron chi connectivity index (χ1n) is 6.57. The van der Waals surface area contributed by atoms with Gasteiger partial charge in [-0.25, -0.2) is 19.1 Å². The quantitative estimate of drug-likeness (QED) is 0.779. The third-order valence-electron chi connectivity index (χ3n) is 2.30. The van der Waals surface area contributed by atoms with Crippen LogP contribution in [0.5, 0.6) is 0 Å². The van der Waals surface area contributed by atoms with Crippen LogP contribution in [-0.2, 0) is 9.47 Å². The van der Waals surface area contributed by atoms with Crippen LogP contribution in [0.3, 0.4) is 0 Å². The zero-order valence-electron chi connectivity index (χ0n) is 12.6. The van der Waals surface area contributed by atoms with Crippen molar-refractivity contribution in [3.63, 3.8) is 0 Å². The summed E-state index contributed by atoms with van der Waals surface area (Å²) >= 11 is 0. The summed E-state index contributed by atoms with van der Waals surface area (Å²) < 4.78 is 11.5. The van der Waals surface area contributed by atoms with Crippen LogP contribution in [0.25, 0.3) is 0 Å². The van der Waals surface area contributed by atoms with Crippen molar-refractivity contribution < 1.29 is 19.1 Å². The van der Waals surface area contributed by atoms with Crippen molar-refractivity contribution in [2.75, 3.05) is 19.7 Å². The molecule has 21 heavy (non-hydrogen) atoms. The molecule has 0 aromatic carbocycles. The van der Waals surface area contributed by atoms with Gasteiger partial charge in [-0.3, -0.25) is 0 Å². The molecule has 0 saturated carbocycles. The second-order valence-electron chi connectivity index (χ2n) is 5.30. The van der Waals surface area contributed by atoms with Gasteiger partial charge in [0, 0.05) is 18.9 Å². The molecule has 7 nitrogen and oxygen atoms in total. The number of nitrogens with zero attached hydrogens (tertiary/aromatic N) is 3. The molecule has 1 rings (SSSR count). The normalized spacial score (nSPS) is 10.8. The van der Waals surface area contributed by atoms with E-state index < -0.39 is 17.8 Å². The first-order chi connectivity index (χ1) is 9.83. The van der Waals surface area contributed by atoms with Crippen molar-refractivity contribution in [2.45, 2.75) is 26.4 Å². The lowest BCUT2D eigenvalue weighted by molar-refractivity contribution is 0.0232. The molecule has 7 heteroatoms. The van der Waals surface area contributed by atoms with Crippen molar-refractivity contribution >= 4 is 12.2 Å². The Morgan fingerprint density at radius 1 is 1.43 bits per heavy atom. The van der Waals surface area contributed by atoms with E-state index in [1.54, 1.807) is 26.8 Å². The minimum absolute atomic E-state index is 0.0596. The maximum Gasteiger partial charge on any atom is 0.419 e. The monoisotopic (exact) mass is 295 g/mol. The number of hydrogen-bond acceptors (Lipinski definition) is 5. The Morgan fingerprint density at radius 3 is 2.67 bits per heavy atom. The van der Waals surface area contributed by atoms with Gasteiger partial charge in [0.2, 0.25) is 0 Å². The van der Waals surface area contributed by atoms with Gasteiger partial charge in [-0.2, -0.15) is 0 Å². The van der Waals surface area contributed by atoms with Crippen LogP contribution in [0.15, 0.2) is 31.4 Å². The molecule has 0 spiro atoms. The molecule has 0 radical (unpaired) electrons. The van der Waals surface area contributed by atoms with Crippen molar-refractivity contribution in [1.29, 1.82) is 0 Å². The predicted molar refractivity (Wildman–Crippen MR) is 77.0 cm³/mol. The largest absolute Gasteiger partial charge is 0.447 e. The molecule has 0 aliphatic carbocycles. The SMILES string of the molecule is C=CCN(CCOC(=O)n1ccnc1)C(=O)OC(C)(C)C. The number of ether oxygens (including phenoxy) is 2. The molecule has 0 bridgehead atoms. The molecule has 1 amide bonds. The maximum atomic E-state index is 12.0. The van der Waals surface area contributed by atoms with Gasteiger partial charge in [0.25, 0.3) is 0 Å². The van der Waals surface area contributed by atoms with E-state index in [9.17, 15) is 9.59 Å². The molecule has 1 aromatic heterocycles. The first-order valence-corrected chi connectivity index (χ1v) is 6.57. The second kappa shape index (κ2) is 7.47. The zero-order valence-corrected chi connectivity index (χ0v) is 12.6. The van der Waals surface area contributed by atoms with Crippen LogP contribution in [0.2, 0.25) is 0 Å². The summed E-state index contributed by atoms with van der Waals surface area (Å²) in [4.78, 5) is 28.7. The van der Waals surface area contributed by atoms with E-state index in [-0.39, 0.29) is 13.2 Å². The Morgan fingerprint density at radius 2 is 2.14 bits per heavy atom. The highest BCUT2D eigenvalue weighted by atomic mass is 16.6. The fraction of sp³-hybridized carbons (Fsp3) is 0.500. The summed E-state index contributed by atoms with van der Waals surface area (Å²) in [5.41, 5.74) is -0.579. The summed E-state index contributed by atoms with van der Waals surface area (Å²) in [6, 6.07) is 0. The number of carbonyl (C=O) groups excluding carboxylic acids is 2. The van der Waals surface area contributed by atoms with Crippen LogP contribution in [0.1, 0.15) is 20.8 Å². The van der Waals surface area contributed by atoms with Gasteiger partial charge in [0.15, 0.2) is 0 Å². The molecule has 0 N–H and O–H groups in total. The second-order valence-corrected chi connectivity index (χ2v) is 5.30. The van der Waals surface area contributed by atoms with Crippen LogP contribution < -0.4 is 0 Å². The van der Waals surface area contributed by atoms with Crippen LogP contribution >= 0.6 is 0 Å². The molecule has 0 saturated heterocycles. The van der Waals surface area contributed by atoms with Gasteiger partial charge in [-0.1, -0.05) is 6.08 Å². The number of hydrogen-bond donors (Lipinski definition) is 0. The van der Waals surface area contributed by atoms with Crippen LogP contribution in [0.4, 0.5) is 9.59 Å². The Bertz CT molecular complexity index is 477. The fourth-order valence-electron chi connectivity index (χ4n) is 1.42. The molecule has 0 aliphatic heterocycles. The molecule has 0 fully saturated rings. The van der Waals surface area contributed by atoms with E-state index >= 15 is 0 Å². The molecule has 0 atom stereocenters. The molecular weight excluding hydrogens is 274 g/mol. The Hall–Kier alpha value is -2.31. The highest BCUT2D eigenvalue weighted by Gasteiger charge is 2.21. The molecule has 0 aliphatic rings. The summed E-state index contributed by atoms with van der Waals surface area (Å²) in [5, 5.41) is 0. The molecule has 116 valence electrons. The predicted octanol–water partition coefficient (Wildman–Crippen LogP) is 2.29. The van der Waals surface area contributed by atoms with E-state index in [1.807, 2.05) is 0 Å². The average molecular weight is 295 g/mol. The fourth-order valence-corrected chi connectivity index (χ4v) is 1.42. The van der Waals surface area contributed by atoms with E-state index in [4.69, 9.17) is 9.47 Å². The molecule has 1 aromatic rings. The number of imidazole rings is 1. The minimum Gasteiger partial charge on any atom is -0.447 e. The van der Waals surface area contributed by atoms with Gasteiger partial charge in [0.05, 0.1) is 6.54 Å². The van der Waals surface area contributed by atoms with E-state index in [0.717, 1.165) is 0 Å². The van der Waals surface area contributed by atoms with E-state index in [0.29, 0.717) is 6.54 Å². The van der Waals surface area contributed by atoms with Gasteiger partial charge >= 0.3 is 12.2 Å². The Labute approximate surface area is 124 Å². The summed E-state index contributed by atoms with van der Waals surface area (Å²) in [7, 11) is 0. The van der Waals surface area contributed by atoms with E-state index in [1.165, 1.54) is 28.2 Å². The van der Waals surface area contributed by atoms with Crippen molar-refractivity contribution in [3.8, 4) is 0 Å². The lowest BCUT2D eigenvalue weighted by Crippen LogP contribution is -2.39. The third kappa shape index (κ3) is 6.11. The number of rotatable bonds is 5. The van der Waals surface area contributed by atoms with Crippen LogP contribution in [0, 0.1) is 0 Å².